The molecule has 0 aliphatic rings. The Morgan fingerprint density at radius 1 is 0.333 bits per heavy atom. The molecular weight excluding hydrogens is 781 g/mol. The van der Waals surface area contributed by atoms with Crippen molar-refractivity contribution in [3.05, 3.63) is 109 Å². The predicted octanol–water partition coefficient (Wildman–Crippen LogP) is 16.8. The molecular formula is C57H92O6. The van der Waals surface area contributed by atoms with Crippen LogP contribution in [0.5, 0.6) is 0 Å². The molecule has 63 heavy (non-hydrogen) atoms. The normalized spacial score (nSPS) is 13.0. The summed E-state index contributed by atoms with van der Waals surface area (Å²) in [7, 11) is 0. The third kappa shape index (κ3) is 49.0. The van der Waals surface area contributed by atoms with Gasteiger partial charge in [-0.1, -0.05) is 201 Å². The molecule has 0 saturated carbocycles. The average molecular weight is 873 g/mol. The molecule has 0 saturated heterocycles. The minimum Gasteiger partial charge on any atom is -0.462 e. The quantitative estimate of drug-likeness (QED) is 0.0263. The fraction of sp³-hybridized carbons (Fsp3) is 0.632. The summed E-state index contributed by atoms with van der Waals surface area (Å²) >= 11 is 0. The standard InChI is InChI=1S/C57H92O6/c1-4-7-10-13-16-19-22-24-26-28-29-30-32-33-35-38-41-44-47-50-56(59)62-53-54(52-61-55(58)49-46-43-40-37-21-18-15-12-9-6-3)63-57(60)51-48-45-42-39-36-34-31-27-25-23-20-17-14-11-8-5-2/h7-8,10-11,16-17,19-20,24-27,29-30,33-36,54H,4-6,9,12-15,18,21-23,28,31-32,37-53H2,1-3H3/b10-7-,11-8-,19-16-,20-17-,26-24-,27-25-,30-29-,35-33-,36-34-. The molecule has 0 aliphatic heterocycles. The summed E-state index contributed by atoms with van der Waals surface area (Å²) in [5, 5.41) is 0. The maximum atomic E-state index is 12.8. The van der Waals surface area contributed by atoms with Crippen LogP contribution in [-0.4, -0.2) is 37.2 Å². The molecule has 6 heteroatoms. The number of hydrogen-bond donors (Lipinski definition) is 0. The lowest BCUT2D eigenvalue weighted by atomic mass is 10.1. The van der Waals surface area contributed by atoms with Crippen LogP contribution in [0.2, 0.25) is 0 Å². The third-order valence-corrected chi connectivity index (χ3v) is 10.3. The largest absolute Gasteiger partial charge is 0.462 e. The molecule has 0 heterocycles. The van der Waals surface area contributed by atoms with Crippen LogP contribution in [0.3, 0.4) is 0 Å². The highest BCUT2D eigenvalue weighted by Crippen LogP contribution is 2.13. The van der Waals surface area contributed by atoms with E-state index < -0.39 is 6.10 Å². The minimum atomic E-state index is -0.808. The van der Waals surface area contributed by atoms with Crippen LogP contribution in [0, 0.1) is 0 Å². The van der Waals surface area contributed by atoms with E-state index in [-0.39, 0.29) is 37.5 Å². The van der Waals surface area contributed by atoms with Crippen molar-refractivity contribution in [3.8, 4) is 0 Å². The van der Waals surface area contributed by atoms with E-state index >= 15 is 0 Å². The average Bonchev–Trinajstić information content (AvgIpc) is 3.28. The van der Waals surface area contributed by atoms with Crippen molar-refractivity contribution in [3.63, 3.8) is 0 Å². The second kappa shape index (κ2) is 50.7. The molecule has 0 aromatic heterocycles. The van der Waals surface area contributed by atoms with E-state index in [1.54, 1.807) is 0 Å². The Balaban J connectivity index is 4.49. The predicted molar refractivity (Wildman–Crippen MR) is 270 cm³/mol. The van der Waals surface area contributed by atoms with Crippen molar-refractivity contribution in [1.29, 1.82) is 0 Å². The molecule has 0 radical (unpaired) electrons. The van der Waals surface area contributed by atoms with E-state index in [1.165, 1.54) is 44.9 Å². The zero-order valence-electron chi connectivity index (χ0n) is 40.5. The highest BCUT2D eigenvalue weighted by molar-refractivity contribution is 5.71. The molecule has 0 spiro atoms. The van der Waals surface area contributed by atoms with Crippen LogP contribution >= 0.6 is 0 Å². The molecule has 1 atom stereocenters. The van der Waals surface area contributed by atoms with E-state index in [4.69, 9.17) is 14.2 Å². The summed E-state index contributed by atoms with van der Waals surface area (Å²) in [6.07, 6.45) is 67.9. The van der Waals surface area contributed by atoms with E-state index in [1.807, 2.05) is 0 Å². The van der Waals surface area contributed by atoms with Gasteiger partial charge >= 0.3 is 17.9 Å². The second-order valence-corrected chi connectivity index (χ2v) is 16.3. The van der Waals surface area contributed by atoms with Gasteiger partial charge in [-0.3, -0.25) is 14.4 Å². The van der Waals surface area contributed by atoms with Crippen molar-refractivity contribution in [1.82, 2.24) is 0 Å². The maximum absolute atomic E-state index is 12.8. The zero-order chi connectivity index (χ0) is 45.8. The molecule has 0 fully saturated rings. The molecule has 356 valence electrons. The van der Waals surface area contributed by atoms with Crippen molar-refractivity contribution in [2.24, 2.45) is 0 Å². The molecule has 0 bridgehead atoms. The monoisotopic (exact) mass is 873 g/mol. The summed E-state index contributed by atoms with van der Waals surface area (Å²) in [6.45, 7) is 6.32. The van der Waals surface area contributed by atoms with Crippen LogP contribution in [0.15, 0.2) is 109 Å². The Bertz CT molecular complexity index is 1330. The Kier molecular flexibility index (Phi) is 47.5. The molecule has 0 aromatic carbocycles. The van der Waals surface area contributed by atoms with Gasteiger partial charge in [0.05, 0.1) is 0 Å². The Morgan fingerprint density at radius 3 is 0.968 bits per heavy atom. The van der Waals surface area contributed by atoms with Crippen LogP contribution in [-0.2, 0) is 28.6 Å². The number of esters is 3. The molecule has 0 N–H and O–H groups in total. The van der Waals surface area contributed by atoms with Crippen molar-refractivity contribution < 1.29 is 28.6 Å². The molecule has 0 amide bonds. The molecule has 0 rings (SSSR count). The fourth-order valence-electron chi connectivity index (χ4n) is 6.52. The number of unbranched alkanes of at least 4 members (excludes halogenated alkanes) is 15. The van der Waals surface area contributed by atoms with Crippen molar-refractivity contribution >= 4 is 17.9 Å². The zero-order valence-corrected chi connectivity index (χ0v) is 40.5. The summed E-state index contributed by atoms with van der Waals surface area (Å²) in [4.78, 5) is 37.9. The van der Waals surface area contributed by atoms with E-state index in [9.17, 15) is 14.4 Å². The number of hydrogen-bond acceptors (Lipinski definition) is 6. The van der Waals surface area contributed by atoms with E-state index in [0.29, 0.717) is 12.8 Å². The Morgan fingerprint density at radius 2 is 0.619 bits per heavy atom. The lowest BCUT2D eigenvalue weighted by Gasteiger charge is -2.18. The van der Waals surface area contributed by atoms with E-state index in [0.717, 1.165) is 128 Å². The SMILES string of the molecule is CC/C=C\C/C=C\C/C=C\C/C=C\C/C=C\CCCCCC(=O)OCC(COC(=O)CCCCCCCCCCCC)OC(=O)CCCCC/C=C\C/C=C\C/C=C\C/C=C\CC. The fourth-order valence-corrected chi connectivity index (χ4v) is 6.52. The van der Waals surface area contributed by atoms with Gasteiger partial charge in [0.1, 0.15) is 13.2 Å². The molecule has 0 aliphatic carbocycles. The Labute approximate surface area is 387 Å². The van der Waals surface area contributed by atoms with Gasteiger partial charge in [0.25, 0.3) is 0 Å². The van der Waals surface area contributed by atoms with Gasteiger partial charge < -0.3 is 14.2 Å². The topological polar surface area (TPSA) is 78.9 Å². The molecule has 6 nitrogen and oxygen atoms in total. The summed E-state index contributed by atoms with van der Waals surface area (Å²) in [5.74, 6) is -0.975. The van der Waals surface area contributed by atoms with Gasteiger partial charge in [-0.15, -0.1) is 0 Å². The molecule has 0 aromatic rings. The first-order valence-electron chi connectivity index (χ1n) is 25.4. The number of carbonyl (C=O) groups is 3. The molecule has 1 unspecified atom stereocenters. The number of ether oxygens (including phenoxy) is 3. The summed E-state index contributed by atoms with van der Waals surface area (Å²) < 4.78 is 16.7. The van der Waals surface area contributed by atoms with Crippen LogP contribution in [0.25, 0.3) is 0 Å². The number of carbonyl (C=O) groups excluding carboxylic acids is 3. The highest BCUT2D eigenvalue weighted by Gasteiger charge is 2.19. The van der Waals surface area contributed by atoms with Crippen LogP contribution < -0.4 is 0 Å². The summed E-state index contributed by atoms with van der Waals surface area (Å²) in [6, 6.07) is 0. The van der Waals surface area contributed by atoms with Gasteiger partial charge in [0, 0.05) is 19.3 Å². The smallest absolute Gasteiger partial charge is 0.306 e. The first-order valence-corrected chi connectivity index (χ1v) is 25.4. The van der Waals surface area contributed by atoms with Crippen LogP contribution in [0.1, 0.15) is 213 Å². The van der Waals surface area contributed by atoms with Gasteiger partial charge in [-0.25, -0.2) is 0 Å². The highest BCUT2D eigenvalue weighted by atomic mass is 16.6. The van der Waals surface area contributed by atoms with Crippen LogP contribution in [0.4, 0.5) is 0 Å². The summed E-state index contributed by atoms with van der Waals surface area (Å²) in [5.41, 5.74) is 0. The third-order valence-electron chi connectivity index (χ3n) is 10.3. The maximum Gasteiger partial charge on any atom is 0.306 e. The van der Waals surface area contributed by atoms with Gasteiger partial charge in [-0.2, -0.15) is 0 Å². The lowest BCUT2D eigenvalue weighted by Crippen LogP contribution is -2.30. The first-order chi connectivity index (χ1) is 31.0. The number of rotatable bonds is 44. The Hall–Kier alpha value is -3.93. The number of allylic oxidation sites excluding steroid dienone is 18. The van der Waals surface area contributed by atoms with E-state index in [2.05, 4.69) is 130 Å². The van der Waals surface area contributed by atoms with Crippen molar-refractivity contribution in [2.45, 2.75) is 219 Å². The van der Waals surface area contributed by atoms with Gasteiger partial charge in [-0.05, 0) is 103 Å². The minimum absolute atomic E-state index is 0.102. The first kappa shape index (κ1) is 59.1. The second-order valence-electron chi connectivity index (χ2n) is 16.3. The lowest BCUT2D eigenvalue weighted by molar-refractivity contribution is -0.167. The van der Waals surface area contributed by atoms with Gasteiger partial charge in [0.2, 0.25) is 0 Å². The van der Waals surface area contributed by atoms with Gasteiger partial charge in [0.15, 0.2) is 6.10 Å². The van der Waals surface area contributed by atoms with Crippen molar-refractivity contribution in [2.75, 3.05) is 13.2 Å².